The molecule has 0 saturated carbocycles. The number of carbonyl (C=O) groups is 1. The maximum absolute atomic E-state index is 12.3. The maximum atomic E-state index is 12.3. The highest BCUT2D eigenvalue weighted by Gasteiger charge is 2.12. The van der Waals surface area contributed by atoms with Gasteiger partial charge < -0.3 is 14.1 Å². The van der Waals surface area contributed by atoms with Crippen LogP contribution in [0.2, 0.25) is 0 Å². The Morgan fingerprint density at radius 1 is 1.15 bits per heavy atom. The summed E-state index contributed by atoms with van der Waals surface area (Å²) in [6, 6.07) is 17.1. The second-order valence-corrected chi connectivity index (χ2v) is 6.64. The Kier molecular flexibility index (Phi) is 5.96. The number of amides is 1. The van der Waals surface area contributed by atoms with Gasteiger partial charge in [0.25, 0.3) is 0 Å². The van der Waals surface area contributed by atoms with Crippen molar-refractivity contribution in [3.63, 3.8) is 0 Å². The zero-order chi connectivity index (χ0) is 18.4. The molecule has 5 nitrogen and oxygen atoms in total. The predicted octanol–water partition coefficient (Wildman–Crippen LogP) is 4.25. The highest BCUT2D eigenvalue weighted by Crippen LogP contribution is 2.23. The lowest BCUT2D eigenvalue weighted by Crippen LogP contribution is -2.27. The van der Waals surface area contributed by atoms with Gasteiger partial charge in [0.15, 0.2) is 0 Å². The third-order valence-corrected chi connectivity index (χ3v) is 4.83. The van der Waals surface area contributed by atoms with E-state index in [1.807, 2.05) is 54.6 Å². The number of thioether (sulfide) groups is 1. The number of para-hydroxylation sites is 1. The molecule has 26 heavy (non-hydrogen) atoms. The van der Waals surface area contributed by atoms with E-state index < -0.39 is 0 Å². The van der Waals surface area contributed by atoms with Crippen LogP contribution in [0.5, 0.6) is 5.75 Å². The topological polar surface area (TPSA) is 55.6 Å². The molecule has 0 atom stereocenters. The summed E-state index contributed by atoms with van der Waals surface area (Å²) in [6.07, 6.45) is 1.64. The number of nitrogens with zero attached hydrogens (tertiary/aromatic N) is 2. The van der Waals surface area contributed by atoms with Crippen LogP contribution in [0.4, 0.5) is 5.69 Å². The second kappa shape index (κ2) is 8.58. The Bertz CT molecular complexity index is 847. The average Bonchev–Trinajstić information content (AvgIpc) is 3.17. The van der Waals surface area contributed by atoms with Gasteiger partial charge in [0.05, 0.1) is 18.6 Å². The van der Waals surface area contributed by atoms with Gasteiger partial charge in [0.1, 0.15) is 12.0 Å². The molecule has 0 aliphatic rings. The number of hydrogen-bond acceptors (Lipinski definition) is 5. The number of anilines is 1. The van der Waals surface area contributed by atoms with Gasteiger partial charge >= 0.3 is 0 Å². The average molecular weight is 368 g/mol. The number of carbonyl (C=O) groups excluding carboxylic acids is 1. The van der Waals surface area contributed by atoms with Crippen molar-refractivity contribution in [3.8, 4) is 17.2 Å². The first kappa shape index (κ1) is 18.1. The van der Waals surface area contributed by atoms with E-state index in [2.05, 4.69) is 4.98 Å². The van der Waals surface area contributed by atoms with E-state index in [4.69, 9.17) is 9.15 Å². The van der Waals surface area contributed by atoms with Crippen molar-refractivity contribution in [1.29, 1.82) is 0 Å². The Labute approximate surface area is 157 Å². The van der Waals surface area contributed by atoms with Crippen molar-refractivity contribution >= 4 is 23.4 Å². The highest BCUT2D eigenvalue weighted by molar-refractivity contribution is 7.99. The van der Waals surface area contributed by atoms with Crippen molar-refractivity contribution in [2.75, 3.05) is 24.8 Å². The third-order valence-electron chi connectivity index (χ3n) is 3.88. The number of oxazole rings is 1. The number of ether oxygens (including phenoxy) is 1. The molecule has 0 bridgehead atoms. The van der Waals surface area contributed by atoms with Crippen LogP contribution < -0.4 is 9.64 Å². The van der Waals surface area contributed by atoms with E-state index in [-0.39, 0.29) is 5.91 Å². The second-order valence-electron chi connectivity index (χ2n) is 5.65. The fourth-order valence-corrected chi connectivity index (χ4v) is 3.19. The lowest BCUT2D eigenvalue weighted by Gasteiger charge is -2.16. The third kappa shape index (κ3) is 4.46. The summed E-state index contributed by atoms with van der Waals surface area (Å²) in [6.45, 7) is 0. The summed E-state index contributed by atoms with van der Waals surface area (Å²) in [5, 5.41) is 0. The predicted molar refractivity (Wildman–Crippen MR) is 105 cm³/mol. The highest BCUT2D eigenvalue weighted by atomic mass is 32.2. The zero-order valence-corrected chi connectivity index (χ0v) is 15.5. The molecular weight excluding hydrogens is 348 g/mol. The summed E-state index contributed by atoms with van der Waals surface area (Å²) < 4.78 is 10.7. The fraction of sp³-hybridized carbons (Fsp3) is 0.200. The molecule has 2 aromatic carbocycles. The SMILES string of the molecule is COc1ccc(-c2nc(CSCC(=O)N(C)c3ccccc3)co2)cc1. The van der Waals surface area contributed by atoms with Gasteiger partial charge in [-0.1, -0.05) is 18.2 Å². The molecule has 0 aliphatic heterocycles. The van der Waals surface area contributed by atoms with Gasteiger partial charge in [-0.2, -0.15) is 0 Å². The maximum Gasteiger partial charge on any atom is 0.236 e. The first-order valence-electron chi connectivity index (χ1n) is 8.15. The summed E-state index contributed by atoms with van der Waals surface area (Å²) in [7, 11) is 3.42. The number of methoxy groups -OCH3 is 1. The molecular formula is C20H20N2O3S. The molecule has 1 amide bonds. The molecule has 1 aromatic heterocycles. The summed E-state index contributed by atoms with van der Waals surface area (Å²) in [5.41, 5.74) is 2.60. The Hall–Kier alpha value is -2.73. The number of hydrogen-bond donors (Lipinski definition) is 0. The molecule has 3 aromatic rings. The number of aromatic nitrogens is 1. The first-order valence-corrected chi connectivity index (χ1v) is 9.31. The minimum Gasteiger partial charge on any atom is -0.497 e. The Morgan fingerprint density at radius 2 is 1.88 bits per heavy atom. The molecule has 0 aliphatic carbocycles. The minimum atomic E-state index is 0.0556. The lowest BCUT2D eigenvalue weighted by atomic mass is 10.2. The Morgan fingerprint density at radius 3 is 2.58 bits per heavy atom. The van der Waals surface area contributed by atoms with Gasteiger partial charge in [0.2, 0.25) is 11.8 Å². The fourth-order valence-electron chi connectivity index (χ4n) is 2.37. The summed E-state index contributed by atoms with van der Waals surface area (Å²) in [5.74, 6) is 2.41. The largest absolute Gasteiger partial charge is 0.497 e. The van der Waals surface area contributed by atoms with Crippen molar-refractivity contribution in [2.24, 2.45) is 0 Å². The van der Waals surface area contributed by atoms with Crippen molar-refractivity contribution in [2.45, 2.75) is 5.75 Å². The van der Waals surface area contributed by atoms with Crippen molar-refractivity contribution < 1.29 is 13.9 Å². The molecule has 0 saturated heterocycles. The molecule has 0 unspecified atom stereocenters. The smallest absolute Gasteiger partial charge is 0.236 e. The minimum absolute atomic E-state index is 0.0556. The van der Waals surface area contributed by atoms with Gasteiger partial charge in [-0.15, -0.1) is 11.8 Å². The molecule has 0 spiro atoms. The van der Waals surface area contributed by atoms with Crippen LogP contribution in [0, 0.1) is 0 Å². The molecule has 0 N–H and O–H groups in total. The number of rotatable bonds is 7. The molecule has 134 valence electrons. The first-order chi connectivity index (χ1) is 12.7. The van der Waals surface area contributed by atoms with Crippen LogP contribution in [0.1, 0.15) is 5.69 Å². The van der Waals surface area contributed by atoms with Crippen LogP contribution in [0.3, 0.4) is 0 Å². The monoisotopic (exact) mass is 368 g/mol. The summed E-state index contributed by atoms with van der Waals surface area (Å²) in [4.78, 5) is 18.4. The molecule has 0 radical (unpaired) electrons. The molecule has 0 fully saturated rings. The van der Waals surface area contributed by atoms with Gasteiger partial charge in [-0.05, 0) is 36.4 Å². The van der Waals surface area contributed by atoms with E-state index in [1.54, 1.807) is 25.3 Å². The molecule has 3 rings (SSSR count). The van der Waals surface area contributed by atoms with Crippen LogP contribution >= 0.6 is 11.8 Å². The van der Waals surface area contributed by atoms with E-state index in [0.29, 0.717) is 17.4 Å². The molecule has 1 heterocycles. The van der Waals surface area contributed by atoms with Crippen LogP contribution in [0.25, 0.3) is 11.5 Å². The van der Waals surface area contributed by atoms with Crippen LogP contribution in [-0.4, -0.2) is 30.8 Å². The zero-order valence-electron chi connectivity index (χ0n) is 14.7. The van der Waals surface area contributed by atoms with E-state index >= 15 is 0 Å². The van der Waals surface area contributed by atoms with E-state index in [0.717, 1.165) is 22.7 Å². The van der Waals surface area contributed by atoms with E-state index in [1.165, 1.54) is 11.8 Å². The van der Waals surface area contributed by atoms with E-state index in [9.17, 15) is 4.79 Å². The van der Waals surface area contributed by atoms with Gasteiger partial charge in [-0.25, -0.2) is 4.98 Å². The summed E-state index contributed by atoms with van der Waals surface area (Å²) >= 11 is 1.52. The van der Waals surface area contributed by atoms with Crippen LogP contribution in [-0.2, 0) is 10.5 Å². The van der Waals surface area contributed by atoms with Crippen molar-refractivity contribution in [3.05, 3.63) is 66.6 Å². The van der Waals surface area contributed by atoms with Gasteiger partial charge in [0, 0.05) is 24.1 Å². The standard InChI is InChI=1S/C20H20N2O3S/c1-22(17-6-4-3-5-7-17)19(23)14-26-13-16-12-25-20(21-16)15-8-10-18(24-2)11-9-15/h3-12H,13-14H2,1-2H3. The Balaban J connectivity index is 1.52. The van der Waals surface area contributed by atoms with Crippen molar-refractivity contribution in [1.82, 2.24) is 4.98 Å². The normalized spacial score (nSPS) is 10.5. The van der Waals surface area contributed by atoms with Gasteiger partial charge in [-0.3, -0.25) is 4.79 Å². The van der Waals surface area contributed by atoms with Crippen LogP contribution in [0.15, 0.2) is 65.3 Å². The number of benzene rings is 2. The lowest BCUT2D eigenvalue weighted by molar-refractivity contribution is -0.115. The quantitative estimate of drug-likeness (QED) is 0.624. The molecule has 6 heteroatoms.